The summed E-state index contributed by atoms with van der Waals surface area (Å²) >= 11 is 0. The number of carbonyl (C=O) groups excluding carboxylic acids is 1. The van der Waals surface area contributed by atoms with Crippen LogP contribution in [0.25, 0.3) is 0 Å². The van der Waals surface area contributed by atoms with Crippen LogP contribution < -0.4 is 9.78 Å². The van der Waals surface area contributed by atoms with E-state index in [1.807, 2.05) is 68.4 Å². The van der Waals surface area contributed by atoms with Crippen molar-refractivity contribution < 1.29 is 14.6 Å². The van der Waals surface area contributed by atoms with E-state index in [-0.39, 0.29) is 5.78 Å². The van der Waals surface area contributed by atoms with Crippen molar-refractivity contribution in [3.63, 3.8) is 0 Å². The van der Waals surface area contributed by atoms with E-state index in [4.69, 9.17) is 9.78 Å². The van der Waals surface area contributed by atoms with Gasteiger partial charge in [0.15, 0.2) is 17.3 Å². The first-order valence-corrected chi connectivity index (χ1v) is 7.76. The molecular weight excluding hydrogens is 300 g/mol. The van der Waals surface area contributed by atoms with E-state index in [1.54, 1.807) is 18.2 Å². The largest absolute Gasteiger partial charge is 0.290 e. The minimum atomic E-state index is -0.0947. The van der Waals surface area contributed by atoms with Gasteiger partial charge in [-0.15, -0.1) is 0 Å². The average Bonchev–Trinajstić information content (AvgIpc) is 2.62. The summed E-state index contributed by atoms with van der Waals surface area (Å²) in [7, 11) is 0. The molecule has 0 aromatic heterocycles. The van der Waals surface area contributed by atoms with E-state index >= 15 is 0 Å². The van der Waals surface area contributed by atoms with E-state index in [2.05, 4.69) is 0 Å². The molecule has 3 aromatic rings. The van der Waals surface area contributed by atoms with Crippen molar-refractivity contribution in [2.45, 2.75) is 13.8 Å². The maximum absolute atomic E-state index is 12.8. The maximum atomic E-state index is 12.8. The first-order valence-electron chi connectivity index (χ1n) is 7.76. The Morgan fingerprint density at radius 1 is 0.708 bits per heavy atom. The van der Waals surface area contributed by atoms with Crippen LogP contribution in [0, 0.1) is 13.8 Å². The van der Waals surface area contributed by atoms with Gasteiger partial charge < -0.3 is 0 Å². The highest BCUT2D eigenvalue weighted by Crippen LogP contribution is 2.27. The molecule has 0 fully saturated rings. The molecule has 0 radical (unpaired) electrons. The molecule has 0 unspecified atom stereocenters. The molecule has 3 rings (SSSR count). The van der Waals surface area contributed by atoms with Gasteiger partial charge in [0.1, 0.15) is 0 Å². The van der Waals surface area contributed by atoms with Crippen LogP contribution in [-0.4, -0.2) is 5.78 Å². The molecule has 0 spiro atoms. The fourth-order valence-electron chi connectivity index (χ4n) is 2.42. The van der Waals surface area contributed by atoms with Crippen LogP contribution in [0.1, 0.15) is 27.0 Å². The second-order valence-corrected chi connectivity index (χ2v) is 5.58. The van der Waals surface area contributed by atoms with Crippen LogP contribution in [0.5, 0.6) is 11.5 Å². The fourth-order valence-corrected chi connectivity index (χ4v) is 2.42. The Labute approximate surface area is 141 Å². The second kappa shape index (κ2) is 7.01. The first kappa shape index (κ1) is 15.8. The summed E-state index contributed by atoms with van der Waals surface area (Å²) in [5.41, 5.74) is 2.89. The maximum Gasteiger partial charge on any atom is 0.196 e. The molecule has 3 nitrogen and oxygen atoms in total. The zero-order chi connectivity index (χ0) is 16.9. The Kier molecular flexibility index (Phi) is 4.62. The van der Waals surface area contributed by atoms with Crippen LogP contribution in [0.4, 0.5) is 0 Å². The standard InChI is InChI=1S/C21H18O3/c1-15-9-6-7-14-19(15)23-24-21-16(2)10-8-13-18(21)20(22)17-11-4-3-5-12-17/h3-14H,1-2H3. The number of para-hydroxylation sites is 2. The zero-order valence-corrected chi connectivity index (χ0v) is 13.7. The van der Waals surface area contributed by atoms with Crippen LogP contribution in [0.15, 0.2) is 72.8 Å². The average molecular weight is 318 g/mol. The number of benzene rings is 3. The molecule has 0 N–H and O–H groups in total. The Hall–Kier alpha value is -3.07. The molecule has 0 saturated heterocycles. The number of aryl methyl sites for hydroxylation is 2. The quantitative estimate of drug-likeness (QED) is 0.381. The van der Waals surface area contributed by atoms with Gasteiger partial charge in [-0.25, -0.2) is 0 Å². The highest BCUT2D eigenvalue weighted by molar-refractivity contribution is 6.10. The third-order valence-electron chi connectivity index (χ3n) is 3.80. The van der Waals surface area contributed by atoms with Gasteiger partial charge >= 0.3 is 0 Å². The summed E-state index contributed by atoms with van der Waals surface area (Å²) in [6.45, 7) is 3.82. The lowest BCUT2D eigenvalue weighted by Gasteiger charge is -2.13. The molecule has 0 amide bonds. The first-order chi connectivity index (χ1) is 11.7. The molecule has 3 aromatic carbocycles. The third kappa shape index (κ3) is 3.30. The highest BCUT2D eigenvalue weighted by atomic mass is 17.2. The molecule has 0 aliphatic rings. The van der Waals surface area contributed by atoms with Crippen LogP contribution in [0.2, 0.25) is 0 Å². The molecule has 0 aliphatic carbocycles. The lowest BCUT2D eigenvalue weighted by atomic mass is 10.0. The molecule has 0 aliphatic heterocycles. The van der Waals surface area contributed by atoms with Crippen LogP contribution in [0.3, 0.4) is 0 Å². The van der Waals surface area contributed by atoms with E-state index in [0.717, 1.165) is 11.1 Å². The van der Waals surface area contributed by atoms with Gasteiger partial charge in [0, 0.05) is 5.56 Å². The van der Waals surface area contributed by atoms with Crippen molar-refractivity contribution in [2.24, 2.45) is 0 Å². The number of hydrogen-bond acceptors (Lipinski definition) is 3. The van der Waals surface area contributed by atoms with Crippen molar-refractivity contribution >= 4 is 5.78 Å². The van der Waals surface area contributed by atoms with E-state index < -0.39 is 0 Å². The Morgan fingerprint density at radius 3 is 2.12 bits per heavy atom. The van der Waals surface area contributed by atoms with Crippen molar-refractivity contribution in [1.82, 2.24) is 0 Å². The van der Waals surface area contributed by atoms with Crippen molar-refractivity contribution in [2.75, 3.05) is 0 Å². The Morgan fingerprint density at radius 2 is 1.38 bits per heavy atom. The summed E-state index contributed by atoms with van der Waals surface area (Å²) in [6.07, 6.45) is 0. The van der Waals surface area contributed by atoms with Crippen molar-refractivity contribution in [1.29, 1.82) is 0 Å². The van der Waals surface area contributed by atoms with Crippen molar-refractivity contribution in [3.05, 3.63) is 95.1 Å². The summed E-state index contributed by atoms with van der Waals surface area (Å²) in [5.74, 6) is 0.969. The summed E-state index contributed by atoms with van der Waals surface area (Å²) in [5, 5.41) is 0. The summed E-state index contributed by atoms with van der Waals surface area (Å²) in [4.78, 5) is 23.8. The Balaban J connectivity index is 1.91. The van der Waals surface area contributed by atoms with E-state index in [1.165, 1.54) is 0 Å². The minimum Gasteiger partial charge on any atom is -0.290 e. The molecule has 0 bridgehead atoms. The van der Waals surface area contributed by atoms with Gasteiger partial charge in [-0.05, 0) is 37.1 Å². The Bertz CT molecular complexity index is 854. The van der Waals surface area contributed by atoms with Crippen LogP contribution >= 0.6 is 0 Å². The number of carbonyl (C=O) groups is 1. The SMILES string of the molecule is Cc1ccccc1OOc1c(C)cccc1C(=O)c1ccccc1. The van der Waals surface area contributed by atoms with Crippen LogP contribution in [-0.2, 0) is 0 Å². The predicted octanol–water partition coefficient (Wildman–Crippen LogP) is 4.91. The second-order valence-electron chi connectivity index (χ2n) is 5.58. The van der Waals surface area contributed by atoms with Gasteiger partial charge in [-0.2, -0.15) is 0 Å². The smallest absolute Gasteiger partial charge is 0.196 e. The highest BCUT2D eigenvalue weighted by Gasteiger charge is 2.18. The fraction of sp³-hybridized carbons (Fsp3) is 0.0952. The van der Waals surface area contributed by atoms with Gasteiger partial charge in [0.05, 0.1) is 5.56 Å². The van der Waals surface area contributed by atoms with Gasteiger partial charge in [0.2, 0.25) is 0 Å². The topological polar surface area (TPSA) is 35.5 Å². The molecule has 0 saturated carbocycles. The normalized spacial score (nSPS) is 10.2. The van der Waals surface area contributed by atoms with Gasteiger partial charge in [-0.3, -0.25) is 14.6 Å². The number of hydrogen-bond donors (Lipinski definition) is 0. The van der Waals surface area contributed by atoms with Gasteiger partial charge in [-0.1, -0.05) is 60.7 Å². The predicted molar refractivity (Wildman–Crippen MR) is 93.5 cm³/mol. The molecule has 120 valence electrons. The summed E-state index contributed by atoms with van der Waals surface area (Å²) < 4.78 is 0. The van der Waals surface area contributed by atoms with E-state index in [9.17, 15) is 4.79 Å². The molecular formula is C21H18O3. The monoisotopic (exact) mass is 318 g/mol. The molecule has 3 heteroatoms. The molecule has 24 heavy (non-hydrogen) atoms. The van der Waals surface area contributed by atoms with Crippen molar-refractivity contribution in [3.8, 4) is 11.5 Å². The molecule has 0 heterocycles. The summed E-state index contributed by atoms with van der Waals surface area (Å²) in [6, 6.07) is 22.2. The lowest BCUT2D eigenvalue weighted by Crippen LogP contribution is -2.09. The zero-order valence-electron chi connectivity index (χ0n) is 13.7. The number of ketones is 1. The molecule has 0 atom stereocenters. The van der Waals surface area contributed by atoms with E-state index in [0.29, 0.717) is 22.6 Å². The number of rotatable bonds is 5. The third-order valence-corrected chi connectivity index (χ3v) is 3.80. The van der Waals surface area contributed by atoms with Gasteiger partial charge in [0.25, 0.3) is 0 Å². The minimum absolute atomic E-state index is 0.0947. The lowest BCUT2D eigenvalue weighted by molar-refractivity contribution is -0.101.